The highest BCUT2D eigenvalue weighted by molar-refractivity contribution is 9.09. The summed E-state index contributed by atoms with van der Waals surface area (Å²) in [6, 6.07) is 7.06. The predicted molar refractivity (Wildman–Crippen MR) is 61.8 cm³/mol. The minimum Gasteiger partial charge on any atom is -0.497 e. The Bertz CT molecular complexity index is 373. The third-order valence-corrected chi connectivity index (χ3v) is 2.40. The molecule has 0 aliphatic rings. The molecule has 0 fully saturated rings. The van der Waals surface area contributed by atoms with Gasteiger partial charge in [0, 0.05) is 6.08 Å². The van der Waals surface area contributed by atoms with Gasteiger partial charge in [-0.05, 0) is 17.7 Å². The molecule has 0 saturated carbocycles. The van der Waals surface area contributed by atoms with Gasteiger partial charge in [0.05, 0.1) is 17.4 Å². The molecule has 0 unspecified atom stereocenters. The summed E-state index contributed by atoms with van der Waals surface area (Å²) in [5.74, 6) is 0.730. The lowest BCUT2D eigenvalue weighted by molar-refractivity contribution is -0.421. The molecule has 0 radical (unpaired) electrons. The largest absolute Gasteiger partial charge is 0.497 e. The van der Waals surface area contributed by atoms with E-state index in [2.05, 4.69) is 15.9 Å². The van der Waals surface area contributed by atoms with Crippen molar-refractivity contribution >= 4 is 22.0 Å². The molecule has 4 nitrogen and oxygen atoms in total. The van der Waals surface area contributed by atoms with Gasteiger partial charge in [-0.25, -0.2) is 0 Å². The Balaban J connectivity index is 2.92. The van der Waals surface area contributed by atoms with E-state index in [0.717, 1.165) is 11.3 Å². The molecule has 1 aromatic carbocycles. The van der Waals surface area contributed by atoms with Crippen molar-refractivity contribution < 1.29 is 9.66 Å². The Hall–Kier alpha value is -1.36. The number of ether oxygens (including phenoxy) is 1. The van der Waals surface area contributed by atoms with E-state index in [0.29, 0.717) is 0 Å². The third kappa shape index (κ3) is 3.36. The Morgan fingerprint density at radius 1 is 1.53 bits per heavy atom. The summed E-state index contributed by atoms with van der Waals surface area (Å²) < 4.78 is 4.98. The minimum atomic E-state index is -0.404. The molecule has 0 atom stereocenters. The number of alkyl halides is 1. The molecule has 0 N–H and O–H groups in total. The summed E-state index contributed by atoms with van der Waals surface area (Å²) in [4.78, 5) is 10.1. The molecule has 0 aliphatic heterocycles. The Labute approximate surface area is 95.8 Å². The van der Waals surface area contributed by atoms with Crippen LogP contribution >= 0.6 is 15.9 Å². The number of hydrogen-bond donors (Lipinski definition) is 0. The van der Waals surface area contributed by atoms with Gasteiger partial charge in [0.25, 0.3) is 5.70 Å². The highest BCUT2D eigenvalue weighted by atomic mass is 79.9. The van der Waals surface area contributed by atoms with Gasteiger partial charge in [-0.1, -0.05) is 28.1 Å². The van der Waals surface area contributed by atoms with E-state index in [1.165, 1.54) is 6.08 Å². The summed E-state index contributed by atoms with van der Waals surface area (Å²) >= 11 is 3.07. The van der Waals surface area contributed by atoms with E-state index in [1.54, 1.807) is 31.4 Å². The number of nitro groups is 1. The second-order valence-electron chi connectivity index (χ2n) is 2.80. The molecule has 5 heteroatoms. The molecule has 0 saturated heterocycles. The molecule has 80 valence electrons. The summed E-state index contributed by atoms with van der Waals surface area (Å²) in [5, 5.41) is 10.8. The van der Waals surface area contributed by atoms with Crippen molar-refractivity contribution in [3.63, 3.8) is 0 Å². The molecule has 0 aromatic heterocycles. The maximum Gasteiger partial charge on any atom is 0.257 e. The highest BCUT2D eigenvalue weighted by Gasteiger charge is 2.07. The number of rotatable bonds is 4. The molecule has 0 amide bonds. The van der Waals surface area contributed by atoms with Gasteiger partial charge in [0.1, 0.15) is 5.75 Å². The van der Waals surface area contributed by atoms with Crippen molar-refractivity contribution in [1.82, 2.24) is 0 Å². The van der Waals surface area contributed by atoms with Crippen molar-refractivity contribution in [2.45, 2.75) is 0 Å². The van der Waals surface area contributed by atoms with Crippen LogP contribution < -0.4 is 4.74 Å². The lowest BCUT2D eigenvalue weighted by Gasteiger charge is -1.99. The zero-order valence-electron chi connectivity index (χ0n) is 8.14. The number of hydrogen-bond acceptors (Lipinski definition) is 3. The van der Waals surface area contributed by atoms with E-state index >= 15 is 0 Å². The molecule has 0 bridgehead atoms. The number of nitrogens with zero attached hydrogens (tertiary/aromatic N) is 1. The van der Waals surface area contributed by atoms with Gasteiger partial charge < -0.3 is 4.74 Å². The summed E-state index contributed by atoms with van der Waals surface area (Å²) in [6.45, 7) is 0. The molecule has 0 aliphatic carbocycles. The first-order valence-corrected chi connectivity index (χ1v) is 5.34. The lowest BCUT2D eigenvalue weighted by atomic mass is 10.2. The van der Waals surface area contributed by atoms with Crippen LogP contribution in [-0.2, 0) is 0 Å². The van der Waals surface area contributed by atoms with Gasteiger partial charge in [-0.15, -0.1) is 0 Å². The molecule has 15 heavy (non-hydrogen) atoms. The summed E-state index contributed by atoms with van der Waals surface area (Å²) in [7, 11) is 1.58. The topological polar surface area (TPSA) is 52.4 Å². The van der Waals surface area contributed by atoms with E-state index in [-0.39, 0.29) is 11.0 Å². The first-order chi connectivity index (χ1) is 7.17. The first-order valence-electron chi connectivity index (χ1n) is 4.22. The van der Waals surface area contributed by atoms with Crippen LogP contribution in [0.5, 0.6) is 5.75 Å². The second-order valence-corrected chi connectivity index (χ2v) is 3.36. The number of benzene rings is 1. The Morgan fingerprint density at radius 2 is 2.13 bits per heavy atom. The maximum absolute atomic E-state index is 10.5. The van der Waals surface area contributed by atoms with Crippen molar-refractivity contribution in [3.8, 4) is 5.75 Å². The second kappa shape index (κ2) is 5.50. The Morgan fingerprint density at radius 3 is 2.53 bits per heavy atom. The van der Waals surface area contributed by atoms with Crippen LogP contribution in [0.3, 0.4) is 0 Å². The van der Waals surface area contributed by atoms with Gasteiger partial charge in [0.2, 0.25) is 0 Å². The van der Waals surface area contributed by atoms with E-state index < -0.39 is 4.92 Å². The van der Waals surface area contributed by atoms with Crippen LogP contribution in [0.25, 0.3) is 6.08 Å². The Kier molecular flexibility index (Phi) is 4.30. The van der Waals surface area contributed by atoms with Crippen molar-refractivity contribution in [2.24, 2.45) is 0 Å². The van der Waals surface area contributed by atoms with Crippen LogP contribution in [0.4, 0.5) is 0 Å². The highest BCUT2D eigenvalue weighted by Crippen LogP contribution is 2.14. The quantitative estimate of drug-likeness (QED) is 0.481. The summed E-state index contributed by atoms with van der Waals surface area (Å²) in [6.07, 6.45) is 1.52. The van der Waals surface area contributed by atoms with Crippen LogP contribution in [0.15, 0.2) is 30.0 Å². The third-order valence-electron chi connectivity index (χ3n) is 1.82. The van der Waals surface area contributed by atoms with Crippen molar-refractivity contribution in [3.05, 3.63) is 45.6 Å². The predicted octanol–water partition coefficient (Wildman–Crippen LogP) is 2.71. The molecular formula is C10H10BrNO3. The zero-order chi connectivity index (χ0) is 11.3. The number of halogens is 1. The molecule has 1 aromatic rings. The van der Waals surface area contributed by atoms with Gasteiger partial charge >= 0.3 is 0 Å². The molecular weight excluding hydrogens is 262 g/mol. The fourth-order valence-electron chi connectivity index (χ4n) is 1.03. The fraction of sp³-hybridized carbons (Fsp3) is 0.200. The van der Waals surface area contributed by atoms with Crippen molar-refractivity contribution in [1.29, 1.82) is 0 Å². The average Bonchev–Trinajstić information content (AvgIpc) is 2.26. The van der Waals surface area contributed by atoms with Crippen LogP contribution in [0.1, 0.15) is 5.56 Å². The fourth-order valence-corrected chi connectivity index (χ4v) is 1.40. The van der Waals surface area contributed by atoms with E-state index in [1.807, 2.05) is 0 Å². The van der Waals surface area contributed by atoms with E-state index in [4.69, 9.17) is 4.74 Å². The number of allylic oxidation sites excluding steroid dienone is 1. The normalized spacial score (nSPS) is 11.2. The first kappa shape index (κ1) is 11.7. The SMILES string of the molecule is COc1ccc(/C=C(\CBr)[N+](=O)[O-])cc1. The van der Waals surface area contributed by atoms with Crippen molar-refractivity contribution in [2.75, 3.05) is 12.4 Å². The van der Waals surface area contributed by atoms with Gasteiger partial charge in [-0.3, -0.25) is 10.1 Å². The maximum atomic E-state index is 10.5. The molecule has 0 heterocycles. The van der Waals surface area contributed by atoms with E-state index in [9.17, 15) is 10.1 Å². The monoisotopic (exact) mass is 271 g/mol. The molecule has 1 rings (SSSR count). The van der Waals surface area contributed by atoms with Gasteiger partial charge in [0.15, 0.2) is 0 Å². The average molecular weight is 272 g/mol. The standard InChI is InChI=1S/C10H10BrNO3/c1-15-10-4-2-8(3-5-10)6-9(7-11)12(13)14/h2-6H,7H2,1H3/b9-6+. The van der Waals surface area contributed by atoms with Crippen LogP contribution in [-0.4, -0.2) is 17.4 Å². The smallest absolute Gasteiger partial charge is 0.257 e. The van der Waals surface area contributed by atoms with Crippen LogP contribution in [0, 0.1) is 10.1 Å². The minimum absolute atomic E-state index is 0.125. The molecule has 0 spiro atoms. The number of methoxy groups -OCH3 is 1. The zero-order valence-corrected chi connectivity index (χ0v) is 9.73. The lowest BCUT2D eigenvalue weighted by Crippen LogP contribution is -1.99. The van der Waals surface area contributed by atoms with Gasteiger partial charge in [-0.2, -0.15) is 0 Å². The van der Waals surface area contributed by atoms with Crippen LogP contribution in [0.2, 0.25) is 0 Å². The summed E-state index contributed by atoms with van der Waals surface area (Å²) in [5.41, 5.74) is 0.905.